The van der Waals surface area contributed by atoms with Gasteiger partial charge < -0.3 is 10.3 Å². The molecule has 1 aromatic heterocycles. The number of H-pyrrole nitrogens is 1. The second-order valence-electron chi connectivity index (χ2n) is 3.71. The number of aromatic nitrogens is 2. The van der Waals surface area contributed by atoms with Crippen molar-refractivity contribution in [3.05, 3.63) is 18.2 Å². The smallest absolute Gasteiger partial charge is 0.123 e. The van der Waals surface area contributed by atoms with Gasteiger partial charge in [0.05, 0.1) is 6.04 Å². The van der Waals surface area contributed by atoms with Gasteiger partial charge in [0.2, 0.25) is 0 Å². The summed E-state index contributed by atoms with van der Waals surface area (Å²) >= 11 is 0. The quantitative estimate of drug-likeness (QED) is 0.730. The monoisotopic (exact) mass is 181 g/mol. The first-order chi connectivity index (χ1) is 6.24. The molecule has 1 rings (SSSR count). The van der Waals surface area contributed by atoms with Gasteiger partial charge in [0.15, 0.2) is 0 Å². The zero-order valence-electron chi connectivity index (χ0n) is 8.67. The first-order valence-electron chi connectivity index (χ1n) is 4.96. The molecule has 0 radical (unpaired) electrons. The lowest BCUT2D eigenvalue weighted by atomic mass is 10.0. The van der Waals surface area contributed by atoms with Crippen LogP contribution in [0.3, 0.4) is 0 Å². The van der Waals surface area contributed by atoms with Crippen LogP contribution in [0.5, 0.6) is 0 Å². The summed E-state index contributed by atoms with van der Waals surface area (Å²) in [7, 11) is 0. The van der Waals surface area contributed by atoms with Gasteiger partial charge in [-0.3, -0.25) is 0 Å². The first-order valence-corrected chi connectivity index (χ1v) is 4.96. The lowest BCUT2D eigenvalue weighted by molar-refractivity contribution is 0.424. The van der Waals surface area contributed by atoms with Gasteiger partial charge in [-0.1, -0.05) is 20.8 Å². The summed E-state index contributed by atoms with van der Waals surface area (Å²) in [5.41, 5.74) is 0. The molecule has 0 saturated heterocycles. The standard InChI is InChI=1S/C10H19N3/c1-4-11-9(7-8(2)3)10-12-5-6-13-10/h5-6,8-9,11H,4,7H2,1-3H3,(H,12,13). The van der Waals surface area contributed by atoms with E-state index < -0.39 is 0 Å². The summed E-state index contributed by atoms with van der Waals surface area (Å²) in [6, 6.07) is 0.375. The SMILES string of the molecule is CCNC(CC(C)C)c1ncc[nH]1. The number of rotatable bonds is 5. The Morgan fingerprint density at radius 2 is 2.31 bits per heavy atom. The summed E-state index contributed by atoms with van der Waals surface area (Å²) in [5.74, 6) is 1.74. The Labute approximate surface area is 80.0 Å². The van der Waals surface area contributed by atoms with E-state index >= 15 is 0 Å². The van der Waals surface area contributed by atoms with Crippen LogP contribution in [0.1, 0.15) is 39.1 Å². The summed E-state index contributed by atoms with van der Waals surface area (Å²) in [4.78, 5) is 7.42. The Morgan fingerprint density at radius 3 is 2.77 bits per heavy atom. The highest BCUT2D eigenvalue weighted by Crippen LogP contribution is 2.17. The molecule has 0 fully saturated rings. The van der Waals surface area contributed by atoms with Crippen LogP contribution in [0.25, 0.3) is 0 Å². The summed E-state index contributed by atoms with van der Waals surface area (Å²) in [6.45, 7) is 7.56. The van der Waals surface area contributed by atoms with Crippen LogP contribution in [0.4, 0.5) is 0 Å². The predicted molar refractivity (Wildman–Crippen MR) is 54.5 cm³/mol. The van der Waals surface area contributed by atoms with Crippen LogP contribution in [-0.2, 0) is 0 Å². The molecule has 0 aliphatic rings. The van der Waals surface area contributed by atoms with Crippen LogP contribution in [-0.4, -0.2) is 16.5 Å². The number of hydrogen-bond donors (Lipinski definition) is 2. The molecule has 1 aromatic rings. The van der Waals surface area contributed by atoms with Gasteiger partial charge in [-0.05, 0) is 18.9 Å². The van der Waals surface area contributed by atoms with E-state index in [1.165, 1.54) is 0 Å². The fraction of sp³-hybridized carbons (Fsp3) is 0.700. The molecule has 0 aliphatic carbocycles. The Kier molecular flexibility index (Phi) is 3.96. The van der Waals surface area contributed by atoms with Crippen LogP contribution >= 0.6 is 0 Å². The Hall–Kier alpha value is -0.830. The fourth-order valence-electron chi connectivity index (χ4n) is 1.48. The number of hydrogen-bond acceptors (Lipinski definition) is 2. The average Bonchev–Trinajstić information content (AvgIpc) is 2.54. The summed E-state index contributed by atoms with van der Waals surface area (Å²) in [5, 5.41) is 3.42. The van der Waals surface area contributed by atoms with Crippen LogP contribution in [0.2, 0.25) is 0 Å². The molecule has 74 valence electrons. The highest BCUT2D eigenvalue weighted by Gasteiger charge is 2.13. The first kappa shape index (κ1) is 10.3. The second-order valence-corrected chi connectivity index (χ2v) is 3.71. The van der Waals surface area contributed by atoms with Crippen LogP contribution in [0, 0.1) is 5.92 Å². The molecule has 3 nitrogen and oxygen atoms in total. The molecular formula is C10H19N3. The molecule has 0 bridgehead atoms. The Bertz CT molecular complexity index is 216. The topological polar surface area (TPSA) is 40.7 Å². The zero-order chi connectivity index (χ0) is 9.68. The van der Waals surface area contributed by atoms with Crippen molar-refractivity contribution in [1.82, 2.24) is 15.3 Å². The lowest BCUT2D eigenvalue weighted by Gasteiger charge is -2.17. The minimum atomic E-state index is 0.375. The molecule has 0 amide bonds. The molecule has 2 N–H and O–H groups in total. The number of aromatic amines is 1. The van der Waals surface area contributed by atoms with Crippen LogP contribution in [0.15, 0.2) is 12.4 Å². The van der Waals surface area contributed by atoms with E-state index in [-0.39, 0.29) is 0 Å². The molecule has 0 aliphatic heterocycles. The molecule has 13 heavy (non-hydrogen) atoms. The molecule has 1 unspecified atom stereocenters. The zero-order valence-corrected chi connectivity index (χ0v) is 8.67. The molecule has 3 heteroatoms. The van der Waals surface area contributed by atoms with E-state index in [0.29, 0.717) is 12.0 Å². The van der Waals surface area contributed by atoms with E-state index in [4.69, 9.17) is 0 Å². The maximum absolute atomic E-state index is 4.27. The van der Waals surface area contributed by atoms with Crippen molar-refractivity contribution in [2.45, 2.75) is 33.2 Å². The van der Waals surface area contributed by atoms with Gasteiger partial charge in [-0.2, -0.15) is 0 Å². The largest absolute Gasteiger partial charge is 0.347 e. The van der Waals surface area contributed by atoms with Gasteiger partial charge >= 0.3 is 0 Å². The van der Waals surface area contributed by atoms with Crippen LogP contribution < -0.4 is 5.32 Å². The lowest BCUT2D eigenvalue weighted by Crippen LogP contribution is -2.23. The minimum Gasteiger partial charge on any atom is -0.347 e. The maximum atomic E-state index is 4.27. The summed E-state index contributed by atoms with van der Waals surface area (Å²) in [6.07, 6.45) is 4.81. The van der Waals surface area contributed by atoms with Crippen molar-refractivity contribution < 1.29 is 0 Å². The molecular weight excluding hydrogens is 162 g/mol. The maximum Gasteiger partial charge on any atom is 0.123 e. The number of nitrogens with zero attached hydrogens (tertiary/aromatic N) is 1. The van der Waals surface area contributed by atoms with E-state index in [1.807, 2.05) is 6.20 Å². The van der Waals surface area contributed by atoms with Gasteiger partial charge in [0, 0.05) is 12.4 Å². The predicted octanol–water partition coefficient (Wildman–Crippen LogP) is 2.11. The van der Waals surface area contributed by atoms with Gasteiger partial charge in [-0.15, -0.1) is 0 Å². The summed E-state index contributed by atoms with van der Waals surface area (Å²) < 4.78 is 0. The molecule has 0 saturated carbocycles. The third-order valence-electron chi connectivity index (χ3n) is 2.01. The number of imidazole rings is 1. The third-order valence-corrected chi connectivity index (χ3v) is 2.01. The highest BCUT2D eigenvalue weighted by atomic mass is 15.0. The van der Waals surface area contributed by atoms with E-state index in [9.17, 15) is 0 Å². The van der Waals surface area contributed by atoms with Crippen molar-refractivity contribution in [2.24, 2.45) is 5.92 Å². The van der Waals surface area contributed by atoms with Crippen molar-refractivity contribution in [3.63, 3.8) is 0 Å². The molecule has 1 heterocycles. The Balaban J connectivity index is 2.57. The van der Waals surface area contributed by atoms with Gasteiger partial charge in [-0.25, -0.2) is 4.98 Å². The molecule has 0 aromatic carbocycles. The number of nitrogens with one attached hydrogen (secondary N) is 2. The molecule has 0 spiro atoms. The van der Waals surface area contributed by atoms with Gasteiger partial charge in [0.1, 0.15) is 5.82 Å². The minimum absolute atomic E-state index is 0.375. The van der Waals surface area contributed by atoms with Crippen molar-refractivity contribution in [3.8, 4) is 0 Å². The normalized spacial score (nSPS) is 13.5. The van der Waals surface area contributed by atoms with Crippen molar-refractivity contribution in [1.29, 1.82) is 0 Å². The second kappa shape index (κ2) is 5.02. The van der Waals surface area contributed by atoms with E-state index in [0.717, 1.165) is 18.8 Å². The fourth-order valence-corrected chi connectivity index (χ4v) is 1.48. The Morgan fingerprint density at radius 1 is 1.54 bits per heavy atom. The van der Waals surface area contributed by atoms with Crippen molar-refractivity contribution >= 4 is 0 Å². The average molecular weight is 181 g/mol. The van der Waals surface area contributed by atoms with E-state index in [2.05, 4.69) is 36.1 Å². The third kappa shape index (κ3) is 3.19. The van der Waals surface area contributed by atoms with E-state index in [1.54, 1.807) is 6.20 Å². The van der Waals surface area contributed by atoms with Crippen molar-refractivity contribution in [2.75, 3.05) is 6.54 Å². The molecule has 1 atom stereocenters. The highest BCUT2D eigenvalue weighted by molar-refractivity contribution is 4.95. The van der Waals surface area contributed by atoms with Gasteiger partial charge in [0.25, 0.3) is 0 Å².